The first-order valence-electron chi connectivity index (χ1n) is 9.93. The highest BCUT2D eigenvalue weighted by Gasteiger charge is 2.34. The van der Waals surface area contributed by atoms with E-state index in [1.54, 1.807) is 24.3 Å². The molecule has 3 aromatic carbocycles. The van der Waals surface area contributed by atoms with Crippen LogP contribution >= 0.6 is 0 Å². The molecule has 2 N–H and O–H groups in total. The monoisotopic (exact) mass is 430 g/mol. The maximum absolute atomic E-state index is 12.9. The van der Waals surface area contributed by atoms with Crippen molar-refractivity contribution in [1.29, 1.82) is 0 Å². The van der Waals surface area contributed by atoms with Crippen molar-refractivity contribution in [2.24, 2.45) is 0 Å². The normalized spacial score (nSPS) is 15.3. The van der Waals surface area contributed by atoms with E-state index in [0.717, 1.165) is 0 Å². The fourth-order valence-corrected chi connectivity index (χ4v) is 4.11. The van der Waals surface area contributed by atoms with Gasteiger partial charge in [-0.25, -0.2) is 0 Å². The predicted molar refractivity (Wildman–Crippen MR) is 116 cm³/mol. The molecule has 5 rings (SSSR count). The Bertz CT molecular complexity index is 1420. The zero-order valence-electron chi connectivity index (χ0n) is 17.0. The molecule has 1 aliphatic heterocycles. The van der Waals surface area contributed by atoms with Crippen LogP contribution in [-0.4, -0.2) is 23.3 Å². The molecule has 32 heavy (non-hydrogen) atoms. The molecule has 0 bridgehead atoms. The lowest BCUT2D eigenvalue weighted by atomic mass is 9.85. The molecule has 2 heterocycles. The fourth-order valence-electron chi connectivity index (χ4n) is 4.11. The van der Waals surface area contributed by atoms with Crippen LogP contribution in [0.2, 0.25) is 0 Å². The Labute approximate surface area is 182 Å². The molecule has 0 aliphatic carbocycles. The van der Waals surface area contributed by atoms with Gasteiger partial charge in [-0.2, -0.15) is 0 Å². The van der Waals surface area contributed by atoms with Crippen LogP contribution in [0, 0.1) is 0 Å². The van der Waals surface area contributed by atoms with Crippen LogP contribution in [0.1, 0.15) is 23.5 Å². The Balaban J connectivity index is 1.81. The molecular weight excluding hydrogens is 412 g/mol. The van der Waals surface area contributed by atoms with E-state index < -0.39 is 17.3 Å². The molecule has 0 saturated heterocycles. The third-order valence-electron chi connectivity index (χ3n) is 5.59. The minimum absolute atomic E-state index is 0.00381. The van der Waals surface area contributed by atoms with Gasteiger partial charge in [0.05, 0.1) is 13.5 Å². The SMILES string of the molecule is COc1ccc([C@@H]2CC(=O)Oc3cc(O)c4c(=O)cc(-c5ccccc5)oc4c32)cc1O. The van der Waals surface area contributed by atoms with E-state index in [4.69, 9.17) is 13.9 Å². The van der Waals surface area contributed by atoms with Crippen LogP contribution in [-0.2, 0) is 4.79 Å². The van der Waals surface area contributed by atoms with E-state index in [-0.39, 0.29) is 34.6 Å². The second-order valence-corrected chi connectivity index (χ2v) is 7.51. The second-order valence-electron chi connectivity index (χ2n) is 7.51. The molecule has 0 amide bonds. The molecule has 160 valence electrons. The third kappa shape index (κ3) is 3.15. The lowest BCUT2D eigenvalue weighted by Gasteiger charge is -2.26. The van der Waals surface area contributed by atoms with Gasteiger partial charge in [0.1, 0.15) is 28.2 Å². The Hall–Kier alpha value is -4.26. The van der Waals surface area contributed by atoms with Gasteiger partial charge >= 0.3 is 5.97 Å². The predicted octanol–water partition coefficient (Wildman–Crippen LogP) is 4.32. The summed E-state index contributed by atoms with van der Waals surface area (Å²) in [6, 6.07) is 16.5. The third-order valence-corrected chi connectivity index (χ3v) is 5.59. The summed E-state index contributed by atoms with van der Waals surface area (Å²) < 4.78 is 16.6. The van der Waals surface area contributed by atoms with E-state index in [1.807, 2.05) is 18.2 Å². The van der Waals surface area contributed by atoms with E-state index in [0.29, 0.717) is 28.2 Å². The van der Waals surface area contributed by atoms with Gasteiger partial charge < -0.3 is 24.1 Å². The van der Waals surface area contributed by atoms with Crippen LogP contribution < -0.4 is 14.9 Å². The summed E-state index contributed by atoms with van der Waals surface area (Å²) in [5, 5.41) is 20.8. The molecule has 1 aromatic heterocycles. The lowest BCUT2D eigenvalue weighted by molar-refractivity contribution is -0.135. The smallest absolute Gasteiger partial charge is 0.312 e. The van der Waals surface area contributed by atoms with Crippen LogP contribution in [0.25, 0.3) is 22.3 Å². The van der Waals surface area contributed by atoms with Crippen molar-refractivity contribution in [3.05, 3.63) is 82.0 Å². The largest absolute Gasteiger partial charge is 0.507 e. The quantitative estimate of drug-likeness (QED) is 0.368. The first-order chi connectivity index (χ1) is 15.5. The number of phenolic OH excluding ortho intramolecular Hbond substituents is 2. The highest BCUT2D eigenvalue weighted by Crippen LogP contribution is 2.46. The molecule has 4 aromatic rings. The van der Waals surface area contributed by atoms with Gasteiger partial charge in [-0.05, 0) is 17.7 Å². The summed E-state index contributed by atoms with van der Waals surface area (Å²) in [4.78, 5) is 25.3. The number of rotatable bonds is 3. The molecule has 1 atom stereocenters. The summed E-state index contributed by atoms with van der Waals surface area (Å²) in [5.41, 5.74) is 1.48. The molecule has 0 spiro atoms. The summed E-state index contributed by atoms with van der Waals surface area (Å²) in [7, 11) is 1.44. The van der Waals surface area contributed by atoms with Gasteiger partial charge in [0.2, 0.25) is 0 Å². The first-order valence-corrected chi connectivity index (χ1v) is 9.93. The van der Waals surface area contributed by atoms with Gasteiger partial charge in [-0.15, -0.1) is 0 Å². The lowest BCUT2D eigenvalue weighted by Crippen LogP contribution is -2.22. The number of hydrogen-bond acceptors (Lipinski definition) is 7. The van der Waals surface area contributed by atoms with Crippen LogP contribution in [0.5, 0.6) is 23.0 Å². The first kappa shape index (κ1) is 19.7. The summed E-state index contributed by atoms with van der Waals surface area (Å²) in [6.07, 6.45) is -0.0298. The number of carbonyl (C=O) groups is 1. The standard InChI is InChI=1S/C25H18O7/c1-30-19-8-7-14(9-16(19)26)15-10-22(29)31-21-12-18(28)24-17(27)11-20(32-25(24)23(15)21)13-5-3-2-4-6-13/h2-9,11-12,15,26,28H,10H2,1H3/t15-/m0/s1. The molecule has 7 heteroatoms. The number of fused-ring (bicyclic) bond motifs is 3. The van der Waals surface area contributed by atoms with Gasteiger partial charge in [-0.3, -0.25) is 9.59 Å². The molecule has 0 radical (unpaired) electrons. The average molecular weight is 430 g/mol. The number of esters is 1. The van der Waals surface area contributed by atoms with Crippen molar-refractivity contribution in [1.82, 2.24) is 0 Å². The molecule has 7 nitrogen and oxygen atoms in total. The van der Waals surface area contributed by atoms with Crippen molar-refractivity contribution in [2.75, 3.05) is 7.11 Å². The Kier molecular flexibility index (Phi) is 4.59. The number of ether oxygens (including phenoxy) is 2. The summed E-state index contributed by atoms with van der Waals surface area (Å²) >= 11 is 0. The van der Waals surface area contributed by atoms with E-state index in [1.165, 1.54) is 25.3 Å². The van der Waals surface area contributed by atoms with Gasteiger partial charge in [-0.1, -0.05) is 36.4 Å². The second kappa shape index (κ2) is 7.46. The van der Waals surface area contributed by atoms with E-state index in [9.17, 15) is 19.8 Å². The van der Waals surface area contributed by atoms with E-state index >= 15 is 0 Å². The van der Waals surface area contributed by atoms with Crippen molar-refractivity contribution < 1.29 is 28.9 Å². The summed E-state index contributed by atoms with van der Waals surface area (Å²) in [6.45, 7) is 0. The molecule has 0 saturated carbocycles. The highest BCUT2D eigenvalue weighted by molar-refractivity contribution is 5.93. The zero-order valence-corrected chi connectivity index (χ0v) is 17.0. The van der Waals surface area contributed by atoms with Crippen LogP contribution in [0.15, 0.2) is 69.9 Å². The Morgan fingerprint density at radius 2 is 1.75 bits per heavy atom. The number of methoxy groups -OCH3 is 1. The molecule has 0 fully saturated rings. The average Bonchev–Trinajstić information content (AvgIpc) is 2.78. The minimum Gasteiger partial charge on any atom is -0.507 e. The molecule has 1 aliphatic rings. The van der Waals surface area contributed by atoms with Crippen molar-refractivity contribution >= 4 is 16.9 Å². The van der Waals surface area contributed by atoms with Gasteiger partial charge in [0, 0.05) is 29.2 Å². The number of phenols is 2. The number of carbonyl (C=O) groups excluding carboxylic acids is 1. The van der Waals surface area contributed by atoms with Crippen molar-refractivity contribution in [3.63, 3.8) is 0 Å². The Morgan fingerprint density at radius 3 is 2.47 bits per heavy atom. The topological polar surface area (TPSA) is 106 Å². The zero-order chi connectivity index (χ0) is 22.4. The number of hydrogen-bond donors (Lipinski definition) is 2. The van der Waals surface area contributed by atoms with Crippen molar-refractivity contribution in [3.8, 4) is 34.3 Å². The van der Waals surface area contributed by atoms with E-state index in [2.05, 4.69) is 0 Å². The fraction of sp³-hybridized carbons (Fsp3) is 0.120. The Morgan fingerprint density at radius 1 is 0.969 bits per heavy atom. The van der Waals surface area contributed by atoms with Gasteiger partial charge in [0.15, 0.2) is 16.9 Å². The number of benzene rings is 3. The minimum atomic E-state index is -0.569. The number of aromatic hydroxyl groups is 2. The molecule has 0 unspecified atom stereocenters. The molecular formula is C25H18O7. The van der Waals surface area contributed by atoms with Crippen LogP contribution in [0.3, 0.4) is 0 Å². The van der Waals surface area contributed by atoms with Crippen molar-refractivity contribution in [2.45, 2.75) is 12.3 Å². The highest BCUT2D eigenvalue weighted by atomic mass is 16.5. The maximum atomic E-state index is 12.9. The maximum Gasteiger partial charge on any atom is 0.312 e. The summed E-state index contributed by atoms with van der Waals surface area (Å²) in [5.74, 6) is -0.763. The van der Waals surface area contributed by atoms with Crippen LogP contribution in [0.4, 0.5) is 0 Å². The van der Waals surface area contributed by atoms with Gasteiger partial charge in [0.25, 0.3) is 0 Å².